The number of carbonyl (C=O) groups excluding carboxylic acids is 3. The summed E-state index contributed by atoms with van der Waals surface area (Å²) in [5, 5.41) is 10.8. The summed E-state index contributed by atoms with van der Waals surface area (Å²) in [5.41, 5.74) is 1.84. The molecule has 1 saturated heterocycles. The molecule has 7 heteroatoms. The number of benzene rings is 1. The molecule has 1 heterocycles. The van der Waals surface area contributed by atoms with Crippen molar-refractivity contribution in [1.29, 1.82) is 0 Å². The average Bonchev–Trinajstić information content (AvgIpc) is 2.83. The molecule has 132 valence electrons. The topological polar surface area (TPSA) is 86.7 Å². The second-order valence-electron chi connectivity index (χ2n) is 5.49. The zero-order chi connectivity index (χ0) is 18.2. The molecular formula is C18H20N2O4S. The van der Waals surface area contributed by atoms with Gasteiger partial charge in [0.25, 0.3) is 11.1 Å². The smallest absolute Gasteiger partial charge is 0.294 e. The Labute approximate surface area is 150 Å². The van der Waals surface area contributed by atoms with Gasteiger partial charge in [-0.2, -0.15) is 0 Å². The summed E-state index contributed by atoms with van der Waals surface area (Å²) < 4.78 is 0. The molecule has 0 aromatic heterocycles. The second kappa shape index (κ2) is 9.19. The lowest BCUT2D eigenvalue weighted by molar-refractivity contribution is -0.129. The van der Waals surface area contributed by atoms with Crippen molar-refractivity contribution in [1.82, 2.24) is 10.2 Å². The molecule has 0 bridgehead atoms. The van der Waals surface area contributed by atoms with Gasteiger partial charge in [0.05, 0.1) is 4.91 Å². The van der Waals surface area contributed by atoms with E-state index in [1.165, 1.54) is 0 Å². The Hall–Kier alpha value is -2.38. The molecule has 0 unspecified atom stereocenters. The SMILES string of the molecule is CC(/C=C1\SC(=O)N(CC(=O)NCCCO)C1=O)=C\c1ccccc1. The molecule has 3 amide bonds. The van der Waals surface area contributed by atoms with Crippen LogP contribution in [0.4, 0.5) is 4.79 Å². The molecule has 2 N–H and O–H groups in total. The van der Waals surface area contributed by atoms with Crippen molar-refractivity contribution in [2.24, 2.45) is 0 Å². The van der Waals surface area contributed by atoms with Crippen LogP contribution in [0.1, 0.15) is 18.9 Å². The normalized spacial score (nSPS) is 16.6. The Kier molecular flexibility index (Phi) is 6.97. The highest BCUT2D eigenvalue weighted by molar-refractivity contribution is 8.18. The van der Waals surface area contributed by atoms with Crippen molar-refractivity contribution in [3.8, 4) is 0 Å². The van der Waals surface area contributed by atoms with Gasteiger partial charge in [0.15, 0.2) is 0 Å². The fourth-order valence-electron chi connectivity index (χ4n) is 2.20. The zero-order valence-corrected chi connectivity index (χ0v) is 14.7. The first-order valence-electron chi connectivity index (χ1n) is 7.87. The lowest BCUT2D eigenvalue weighted by atomic mass is 10.1. The minimum atomic E-state index is -0.465. The Morgan fingerprint density at radius 3 is 2.68 bits per heavy atom. The van der Waals surface area contributed by atoms with Gasteiger partial charge in [-0.3, -0.25) is 19.3 Å². The Morgan fingerprint density at radius 2 is 2.00 bits per heavy atom. The van der Waals surface area contributed by atoms with Crippen LogP contribution in [0.3, 0.4) is 0 Å². The van der Waals surface area contributed by atoms with Crippen molar-refractivity contribution < 1.29 is 19.5 Å². The number of nitrogens with zero attached hydrogens (tertiary/aromatic N) is 1. The lowest BCUT2D eigenvalue weighted by Gasteiger charge is -2.12. The molecule has 1 fully saturated rings. The van der Waals surface area contributed by atoms with Crippen LogP contribution in [0.25, 0.3) is 6.08 Å². The van der Waals surface area contributed by atoms with E-state index in [9.17, 15) is 14.4 Å². The third-order valence-corrected chi connectivity index (χ3v) is 4.29. The predicted molar refractivity (Wildman–Crippen MR) is 97.6 cm³/mol. The second-order valence-corrected chi connectivity index (χ2v) is 6.49. The third kappa shape index (κ3) is 5.58. The van der Waals surface area contributed by atoms with Gasteiger partial charge in [0.1, 0.15) is 6.54 Å². The summed E-state index contributed by atoms with van der Waals surface area (Å²) in [6.45, 7) is 1.81. The molecule has 0 radical (unpaired) electrons. The number of aliphatic hydroxyl groups is 1. The fourth-order valence-corrected chi connectivity index (χ4v) is 3.09. The molecule has 0 saturated carbocycles. The first-order chi connectivity index (χ1) is 12.0. The number of rotatable bonds is 7. The van der Waals surface area contributed by atoms with Crippen LogP contribution >= 0.6 is 11.8 Å². The summed E-state index contributed by atoms with van der Waals surface area (Å²) >= 11 is 0.829. The van der Waals surface area contributed by atoms with E-state index >= 15 is 0 Å². The first kappa shape index (κ1) is 19.0. The molecule has 0 atom stereocenters. The zero-order valence-electron chi connectivity index (χ0n) is 13.9. The summed E-state index contributed by atoms with van der Waals surface area (Å²) in [6, 6.07) is 9.65. The summed E-state index contributed by atoms with van der Waals surface area (Å²) in [5.74, 6) is -0.887. The number of allylic oxidation sites excluding steroid dienone is 2. The molecule has 0 aliphatic carbocycles. The number of amides is 3. The third-order valence-electron chi connectivity index (χ3n) is 3.39. The van der Waals surface area contributed by atoms with E-state index in [0.717, 1.165) is 27.8 Å². The highest BCUT2D eigenvalue weighted by atomic mass is 32.2. The van der Waals surface area contributed by atoms with E-state index < -0.39 is 17.1 Å². The van der Waals surface area contributed by atoms with Gasteiger partial charge in [0, 0.05) is 13.2 Å². The molecule has 1 aromatic carbocycles. The number of hydrogen-bond donors (Lipinski definition) is 2. The molecule has 2 rings (SSSR count). The van der Waals surface area contributed by atoms with Gasteiger partial charge in [-0.1, -0.05) is 36.4 Å². The van der Waals surface area contributed by atoms with E-state index in [0.29, 0.717) is 17.9 Å². The quantitative estimate of drug-likeness (QED) is 0.575. The van der Waals surface area contributed by atoms with Crippen LogP contribution in [-0.4, -0.2) is 46.8 Å². The van der Waals surface area contributed by atoms with E-state index in [1.54, 1.807) is 6.08 Å². The summed E-state index contributed by atoms with van der Waals surface area (Å²) in [6.07, 6.45) is 3.99. The number of aliphatic hydroxyl groups excluding tert-OH is 1. The Bertz CT molecular complexity index is 713. The van der Waals surface area contributed by atoms with E-state index in [2.05, 4.69) is 5.32 Å². The van der Waals surface area contributed by atoms with Crippen molar-refractivity contribution in [2.75, 3.05) is 19.7 Å². The van der Waals surface area contributed by atoms with Crippen LogP contribution in [0.2, 0.25) is 0 Å². The van der Waals surface area contributed by atoms with E-state index in [-0.39, 0.29) is 13.2 Å². The Morgan fingerprint density at radius 1 is 1.28 bits per heavy atom. The molecule has 0 spiro atoms. The van der Waals surface area contributed by atoms with Crippen molar-refractivity contribution in [3.05, 3.63) is 52.4 Å². The van der Waals surface area contributed by atoms with Crippen LogP contribution in [-0.2, 0) is 9.59 Å². The minimum absolute atomic E-state index is 0.0301. The van der Waals surface area contributed by atoms with E-state index in [4.69, 9.17) is 5.11 Å². The predicted octanol–water partition coefficient (Wildman–Crippen LogP) is 2.17. The van der Waals surface area contributed by atoms with Gasteiger partial charge in [-0.05, 0) is 42.3 Å². The van der Waals surface area contributed by atoms with Crippen LogP contribution < -0.4 is 5.32 Å². The molecule has 6 nitrogen and oxygen atoms in total. The van der Waals surface area contributed by atoms with Crippen molar-refractivity contribution in [3.63, 3.8) is 0 Å². The largest absolute Gasteiger partial charge is 0.396 e. The summed E-state index contributed by atoms with van der Waals surface area (Å²) in [4.78, 5) is 37.3. The monoisotopic (exact) mass is 360 g/mol. The maximum atomic E-state index is 12.3. The fraction of sp³-hybridized carbons (Fsp3) is 0.278. The van der Waals surface area contributed by atoms with Crippen LogP contribution in [0.15, 0.2) is 46.9 Å². The number of thioether (sulfide) groups is 1. The number of carbonyl (C=O) groups is 3. The van der Waals surface area contributed by atoms with Crippen molar-refractivity contribution >= 4 is 34.9 Å². The molecule has 25 heavy (non-hydrogen) atoms. The molecule has 1 aliphatic heterocycles. The first-order valence-corrected chi connectivity index (χ1v) is 8.69. The van der Waals surface area contributed by atoms with Gasteiger partial charge in [-0.25, -0.2) is 0 Å². The minimum Gasteiger partial charge on any atom is -0.396 e. The average molecular weight is 360 g/mol. The van der Waals surface area contributed by atoms with Gasteiger partial charge in [0.2, 0.25) is 5.91 Å². The van der Waals surface area contributed by atoms with Crippen molar-refractivity contribution in [2.45, 2.75) is 13.3 Å². The number of hydrogen-bond acceptors (Lipinski definition) is 5. The highest BCUT2D eigenvalue weighted by Gasteiger charge is 2.36. The maximum absolute atomic E-state index is 12.3. The maximum Gasteiger partial charge on any atom is 0.294 e. The highest BCUT2D eigenvalue weighted by Crippen LogP contribution is 2.31. The molecule has 1 aromatic rings. The van der Waals surface area contributed by atoms with E-state index in [1.807, 2.05) is 43.3 Å². The number of nitrogens with one attached hydrogen (secondary N) is 1. The standard InChI is InChI=1S/C18H20N2O4S/c1-13(10-14-6-3-2-4-7-14)11-15-17(23)20(18(24)25-15)12-16(22)19-8-5-9-21/h2-4,6-7,10-11,21H,5,8-9,12H2,1H3,(H,19,22)/b13-10+,15-11-. The lowest BCUT2D eigenvalue weighted by Crippen LogP contribution is -2.39. The molecule has 1 aliphatic rings. The molecular weight excluding hydrogens is 340 g/mol. The van der Waals surface area contributed by atoms with Gasteiger partial charge >= 0.3 is 0 Å². The van der Waals surface area contributed by atoms with Gasteiger partial charge in [-0.15, -0.1) is 0 Å². The number of imide groups is 1. The van der Waals surface area contributed by atoms with Gasteiger partial charge < -0.3 is 10.4 Å². The Balaban J connectivity index is 2.02. The summed E-state index contributed by atoms with van der Waals surface area (Å²) in [7, 11) is 0. The van der Waals surface area contributed by atoms with Crippen LogP contribution in [0, 0.1) is 0 Å². The van der Waals surface area contributed by atoms with Crippen LogP contribution in [0.5, 0.6) is 0 Å².